The van der Waals surface area contributed by atoms with E-state index in [9.17, 15) is 9.59 Å². The van der Waals surface area contributed by atoms with Crippen LogP contribution in [0.3, 0.4) is 0 Å². The summed E-state index contributed by atoms with van der Waals surface area (Å²) in [5.74, 6) is -0.0109. The fourth-order valence-electron chi connectivity index (χ4n) is 2.70. The molecule has 0 spiro atoms. The highest BCUT2D eigenvalue weighted by Crippen LogP contribution is 2.26. The molecule has 0 heterocycles. The minimum Gasteiger partial charge on any atom is -0.334 e. The van der Waals surface area contributed by atoms with E-state index in [0.717, 1.165) is 17.7 Å². The standard InChI is InChI=1S/C20H32N2O2/c1-7-16(6)17-10-8-9-11-18(17)21-19(23)20(24)22(12-14(2)3)13-15(4)5/h8-11,14-16H,7,12-13H2,1-6H3,(H,21,23). The van der Waals surface area contributed by atoms with E-state index in [4.69, 9.17) is 0 Å². The van der Waals surface area contributed by atoms with Gasteiger partial charge in [-0.15, -0.1) is 0 Å². The molecule has 1 aromatic carbocycles. The van der Waals surface area contributed by atoms with Gasteiger partial charge in [0.2, 0.25) is 0 Å². The normalized spacial score (nSPS) is 12.3. The topological polar surface area (TPSA) is 49.4 Å². The third-order valence-corrected chi connectivity index (χ3v) is 4.00. The van der Waals surface area contributed by atoms with Crippen LogP contribution < -0.4 is 5.32 Å². The molecule has 0 aliphatic rings. The van der Waals surface area contributed by atoms with E-state index >= 15 is 0 Å². The number of para-hydroxylation sites is 1. The molecule has 0 saturated heterocycles. The minimum absolute atomic E-state index is 0.327. The summed E-state index contributed by atoms with van der Waals surface area (Å²) < 4.78 is 0. The van der Waals surface area contributed by atoms with Crippen molar-refractivity contribution in [3.8, 4) is 0 Å². The molecule has 4 nitrogen and oxygen atoms in total. The Bertz CT molecular complexity index is 542. The lowest BCUT2D eigenvalue weighted by Crippen LogP contribution is -2.43. The van der Waals surface area contributed by atoms with Crippen molar-refractivity contribution in [3.63, 3.8) is 0 Å². The Balaban J connectivity index is 2.91. The average Bonchev–Trinajstić information content (AvgIpc) is 2.52. The molecule has 1 atom stereocenters. The molecule has 24 heavy (non-hydrogen) atoms. The molecule has 1 aromatic rings. The Morgan fingerprint density at radius 3 is 2.04 bits per heavy atom. The number of nitrogens with zero attached hydrogens (tertiary/aromatic N) is 1. The van der Waals surface area contributed by atoms with Crippen molar-refractivity contribution in [1.29, 1.82) is 0 Å². The number of benzene rings is 1. The fourth-order valence-corrected chi connectivity index (χ4v) is 2.70. The second-order valence-corrected chi connectivity index (χ2v) is 7.35. The van der Waals surface area contributed by atoms with Crippen LogP contribution in [0.2, 0.25) is 0 Å². The van der Waals surface area contributed by atoms with E-state index in [1.54, 1.807) is 4.90 Å². The summed E-state index contributed by atoms with van der Waals surface area (Å²) in [7, 11) is 0. The van der Waals surface area contributed by atoms with Crippen molar-refractivity contribution < 1.29 is 9.59 Å². The highest BCUT2D eigenvalue weighted by Gasteiger charge is 2.24. The zero-order valence-electron chi connectivity index (χ0n) is 15.9. The first-order valence-electron chi connectivity index (χ1n) is 8.95. The van der Waals surface area contributed by atoms with Gasteiger partial charge >= 0.3 is 11.8 Å². The van der Waals surface area contributed by atoms with E-state index in [0.29, 0.717) is 30.8 Å². The Morgan fingerprint density at radius 1 is 1.00 bits per heavy atom. The van der Waals surface area contributed by atoms with Crippen molar-refractivity contribution in [3.05, 3.63) is 29.8 Å². The van der Waals surface area contributed by atoms with Gasteiger partial charge in [0.25, 0.3) is 0 Å². The van der Waals surface area contributed by atoms with Gasteiger partial charge in [0.05, 0.1) is 0 Å². The van der Waals surface area contributed by atoms with Crippen LogP contribution in [0.5, 0.6) is 0 Å². The molecule has 0 radical (unpaired) electrons. The molecule has 4 heteroatoms. The lowest BCUT2D eigenvalue weighted by molar-refractivity contribution is -0.143. The fraction of sp³-hybridized carbons (Fsp3) is 0.600. The van der Waals surface area contributed by atoms with Gasteiger partial charge in [-0.1, -0.05) is 59.7 Å². The second-order valence-electron chi connectivity index (χ2n) is 7.35. The molecule has 0 saturated carbocycles. The van der Waals surface area contributed by atoms with Crippen LogP contribution in [0.4, 0.5) is 5.69 Å². The van der Waals surface area contributed by atoms with E-state index in [2.05, 4.69) is 46.9 Å². The van der Waals surface area contributed by atoms with Crippen LogP contribution in [0.15, 0.2) is 24.3 Å². The van der Waals surface area contributed by atoms with Crippen LogP contribution in [0, 0.1) is 11.8 Å². The first kappa shape index (κ1) is 20.2. The largest absolute Gasteiger partial charge is 0.334 e. The number of hydrogen-bond acceptors (Lipinski definition) is 2. The highest BCUT2D eigenvalue weighted by molar-refractivity contribution is 6.39. The van der Waals surface area contributed by atoms with Gasteiger partial charge in [-0.25, -0.2) is 0 Å². The van der Waals surface area contributed by atoms with Crippen LogP contribution in [0.1, 0.15) is 59.4 Å². The summed E-state index contributed by atoms with van der Waals surface area (Å²) in [6.07, 6.45) is 0.980. The second kappa shape index (κ2) is 9.45. The van der Waals surface area contributed by atoms with Crippen molar-refractivity contribution in [2.75, 3.05) is 18.4 Å². The predicted molar refractivity (Wildman–Crippen MR) is 100 cm³/mol. The molecular formula is C20H32N2O2. The molecule has 0 fully saturated rings. The van der Waals surface area contributed by atoms with Crippen LogP contribution in [-0.4, -0.2) is 29.8 Å². The molecule has 2 amide bonds. The van der Waals surface area contributed by atoms with Crippen LogP contribution in [-0.2, 0) is 9.59 Å². The highest BCUT2D eigenvalue weighted by atomic mass is 16.2. The number of carbonyl (C=O) groups excluding carboxylic acids is 2. The number of anilines is 1. The summed E-state index contributed by atoms with van der Waals surface area (Å²) in [6, 6.07) is 7.71. The molecule has 0 aliphatic carbocycles. The smallest absolute Gasteiger partial charge is 0.313 e. The molecule has 1 unspecified atom stereocenters. The van der Waals surface area contributed by atoms with Crippen molar-refractivity contribution in [2.24, 2.45) is 11.8 Å². The quantitative estimate of drug-likeness (QED) is 0.758. The summed E-state index contributed by atoms with van der Waals surface area (Å²) in [4.78, 5) is 26.7. The lowest BCUT2D eigenvalue weighted by Gasteiger charge is -2.26. The average molecular weight is 332 g/mol. The number of carbonyl (C=O) groups is 2. The Labute approximate surface area is 146 Å². The Morgan fingerprint density at radius 2 is 1.54 bits per heavy atom. The van der Waals surface area contributed by atoms with Gasteiger partial charge in [0.1, 0.15) is 0 Å². The maximum Gasteiger partial charge on any atom is 0.313 e. The Kier molecular flexibility index (Phi) is 7.96. The first-order chi connectivity index (χ1) is 11.3. The van der Waals surface area contributed by atoms with Crippen molar-refractivity contribution >= 4 is 17.5 Å². The summed E-state index contributed by atoms with van der Waals surface area (Å²) >= 11 is 0. The van der Waals surface area contributed by atoms with Crippen molar-refractivity contribution in [2.45, 2.75) is 53.9 Å². The first-order valence-corrected chi connectivity index (χ1v) is 8.95. The van der Waals surface area contributed by atoms with E-state index < -0.39 is 11.8 Å². The van der Waals surface area contributed by atoms with Gasteiger partial charge in [-0.3, -0.25) is 9.59 Å². The SMILES string of the molecule is CCC(C)c1ccccc1NC(=O)C(=O)N(CC(C)C)CC(C)C. The van der Waals surface area contributed by atoms with Crippen LogP contribution in [0.25, 0.3) is 0 Å². The zero-order valence-corrected chi connectivity index (χ0v) is 15.9. The predicted octanol–water partition coefficient (Wildman–Crippen LogP) is 4.28. The van der Waals surface area contributed by atoms with Crippen LogP contribution >= 0.6 is 0 Å². The van der Waals surface area contributed by atoms with E-state index in [1.807, 2.05) is 24.3 Å². The summed E-state index contributed by atoms with van der Waals surface area (Å²) in [5, 5.41) is 2.82. The lowest BCUT2D eigenvalue weighted by atomic mass is 9.97. The maximum absolute atomic E-state index is 12.6. The Hall–Kier alpha value is -1.84. The number of amides is 2. The number of hydrogen-bond donors (Lipinski definition) is 1. The molecule has 0 aliphatic heterocycles. The molecule has 0 aromatic heterocycles. The minimum atomic E-state index is -0.549. The number of rotatable bonds is 7. The zero-order chi connectivity index (χ0) is 18.3. The van der Waals surface area contributed by atoms with Gasteiger partial charge < -0.3 is 10.2 Å². The summed E-state index contributed by atoms with van der Waals surface area (Å²) in [5.41, 5.74) is 1.81. The van der Waals surface area contributed by atoms with Gasteiger partial charge in [-0.2, -0.15) is 0 Å². The third-order valence-electron chi connectivity index (χ3n) is 4.00. The molecule has 1 N–H and O–H groups in total. The van der Waals surface area contributed by atoms with Crippen molar-refractivity contribution in [1.82, 2.24) is 4.90 Å². The molecule has 0 bridgehead atoms. The number of nitrogens with one attached hydrogen (secondary N) is 1. The van der Waals surface area contributed by atoms with Gasteiger partial charge in [0, 0.05) is 18.8 Å². The van der Waals surface area contributed by atoms with E-state index in [1.165, 1.54) is 0 Å². The van der Waals surface area contributed by atoms with E-state index in [-0.39, 0.29) is 0 Å². The summed E-state index contributed by atoms with van der Waals surface area (Å²) in [6.45, 7) is 13.6. The monoisotopic (exact) mass is 332 g/mol. The van der Waals surface area contributed by atoms with Gasteiger partial charge in [-0.05, 0) is 35.8 Å². The van der Waals surface area contributed by atoms with Gasteiger partial charge in [0.15, 0.2) is 0 Å². The molecule has 1 rings (SSSR count). The molecule has 134 valence electrons. The molecular weight excluding hydrogens is 300 g/mol. The maximum atomic E-state index is 12.6. The third kappa shape index (κ3) is 5.99.